The maximum Gasteiger partial charge on any atom is 0.139 e. The van der Waals surface area contributed by atoms with E-state index in [1.165, 1.54) is 23.7 Å². The summed E-state index contributed by atoms with van der Waals surface area (Å²) in [6.45, 7) is 0. The number of rotatable bonds is 2. The van der Waals surface area contributed by atoms with Gasteiger partial charge in [0.15, 0.2) is 0 Å². The number of nitrogens with zero attached hydrogens (tertiary/aromatic N) is 4. The third kappa shape index (κ3) is 1.77. The molecule has 70 valence electrons. The molecule has 5 nitrogen and oxygen atoms in total. The summed E-state index contributed by atoms with van der Waals surface area (Å²) in [7, 11) is 0. The van der Waals surface area contributed by atoms with Crippen molar-refractivity contribution >= 4 is 6.21 Å². The molecule has 1 aromatic carbocycles. The van der Waals surface area contributed by atoms with E-state index in [2.05, 4.69) is 15.2 Å². The van der Waals surface area contributed by atoms with Crippen LogP contribution in [-0.4, -0.2) is 26.2 Å². The van der Waals surface area contributed by atoms with Gasteiger partial charge in [0.1, 0.15) is 18.4 Å². The van der Waals surface area contributed by atoms with Crippen LogP contribution in [-0.2, 0) is 0 Å². The van der Waals surface area contributed by atoms with Gasteiger partial charge in [0.2, 0.25) is 0 Å². The summed E-state index contributed by atoms with van der Waals surface area (Å²) in [6, 6.07) is 6.93. The molecule has 0 saturated heterocycles. The Hall–Kier alpha value is -2.17. The minimum atomic E-state index is 0.191. The van der Waals surface area contributed by atoms with Crippen molar-refractivity contribution < 1.29 is 5.11 Å². The molecule has 0 bridgehead atoms. The molecule has 0 fully saturated rings. The SMILES string of the molecule is Oc1ccccc1/C=N/n1cncn1. The first-order chi connectivity index (χ1) is 6.86. The van der Waals surface area contributed by atoms with Crippen LogP contribution in [0.2, 0.25) is 0 Å². The normalized spacial score (nSPS) is 10.9. The standard InChI is InChI=1S/C9H8N4O/c14-9-4-2-1-3-8(9)5-11-13-7-10-6-12-13/h1-7,14H/b11-5+. The molecule has 2 aromatic rings. The summed E-state index contributed by atoms with van der Waals surface area (Å²) >= 11 is 0. The fraction of sp³-hybridized carbons (Fsp3) is 0. The van der Waals surface area contributed by atoms with Crippen molar-refractivity contribution in [2.45, 2.75) is 0 Å². The highest BCUT2D eigenvalue weighted by Gasteiger charge is 1.94. The number of hydrogen-bond donors (Lipinski definition) is 1. The van der Waals surface area contributed by atoms with E-state index in [-0.39, 0.29) is 5.75 Å². The molecule has 0 saturated carbocycles. The van der Waals surface area contributed by atoms with Crippen LogP contribution in [0.4, 0.5) is 0 Å². The Morgan fingerprint density at radius 1 is 1.36 bits per heavy atom. The van der Waals surface area contributed by atoms with Crippen molar-refractivity contribution in [3.8, 4) is 5.75 Å². The van der Waals surface area contributed by atoms with E-state index in [1.807, 2.05) is 6.07 Å². The van der Waals surface area contributed by atoms with E-state index >= 15 is 0 Å². The summed E-state index contributed by atoms with van der Waals surface area (Å²) in [4.78, 5) is 5.04. The molecule has 0 spiro atoms. The van der Waals surface area contributed by atoms with Gasteiger partial charge >= 0.3 is 0 Å². The van der Waals surface area contributed by atoms with Crippen molar-refractivity contribution in [3.05, 3.63) is 42.5 Å². The number of phenols is 1. The quantitative estimate of drug-likeness (QED) is 0.711. The number of benzene rings is 1. The summed E-state index contributed by atoms with van der Waals surface area (Å²) in [5.74, 6) is 0.191. The van der Waals surface area contributed by atoms with Gasteiger partial charge in [0.25, 0.3) is 0 Å². The van der Waals surface area contributed by atoms with Gasteiger partial charge in [-0.25, -0.2) is 4.98 Å². The predicted octanol–water partition coefficient (Wildman–Crippen LogP) is 0.866. The van der Waals surface area contributed by atoms with Gasteiger partial charge in [-0.15, -0.1) is 9.89 Å². The van der Waals surface area contributed by atoms with E-state index in [1.54, 1.807) is 18.2 Å². The Bertz CT molecular complexity index is 436. The van der Waals surface area contributed by atoms with E-state index in [4.69, 9.17) is 0 Å². The molecule has 0 radical (unpaired) electrons. The van der Waals surface area contributed by atoms with Crippen molar-refractivity contribution in [2.75, 3.05) is 0 Å². The van der Waals surface area contributed by atoms with Crippen molar-refractivity contribution in [1.29, 1.82) is 0 Å². The molecule has 0 atom stereocenters. The van der Waals surface area contributed by atoms with E-state index in [0.29, 0.717) is 5.56 Å². The molecular formula is C9H8N4O. The van der Waals surface area contributed by atoms with Gasteiger partial charge in [-0.2, -0.15) is 5.10 Å². The minimum Gasteiger partial charge on any atom is -0.507 e. The highest BCUT2D eigenvalue weighted by molar-refractivity contribution is 5.82. The summed E-state index contributed by atoms with van der Waals surface area (Å²) in [5, 5.41) is 17.1. The molecule has 0 amide bonds. The lowest BCUT2D eigenvalue weighted by Crippen LogP contribution is -1.90. The topological polar surface area (TPSA) is 63.3 Å². The van der Waals surface area contributed by atoms with Crippen molar-refractivity contribution in [1.82, 2.24) is 14.9 Å². The molecule has 1 N–H and O–H groups in total. The summed E-state index contributed by atoms with van der Waals surface area (Å²) in [5.41, 5.74) is 0.642. The average Bonchev–Trinajstić information content (AvgIpc) is 2.69. The van der Waals surface area contributed by atoms with Gasteiger partial charge in [0, 0.05) is 5.56 Å². The number of aromatic hydroxyl groups is 1. The summed E-state index contributed by atoms with van der Waals surface area (Å²) in [6.07, 6.45) is 4.38. The van der Waals surface area contributed by atoms with Gasteiger partial charge < -0.3 is 5.11 Å². The monoisotopic (exact) mass is 188 g/mol. The lowest BCUT2D eigenvalue weighted by atomic mass is 10.2. The zero-order chi connectivity index (χ0) is 9.80. The van der Waals surface area contributed by atoms with Crippen LogP contribution in [0, 0.1) is 0 Å². The fourth-order valence-electron chi connectivity index (χ4n) is 0.980. The number of para-hydroxylation sites is 1. The largest absolute Gasteiger partial charge is 0.507 e. The number of phenolic OH excluding ortho intramolecular Hbond substituents is 1. The van der Waals surface area contributed by atoms with Crippen molar-refractivity contribution in [3.63, 3.8) is 0 Å². The first-order valence-corrected chi connectivity index (χ1v) is 4.03. The van der Waals surface area contributed by atoms with Gasteiger partial charge in [-0.1, -0.05) is 12.1 Å². The second kappa shape index (κ2) is 3.69. The van der Waals surface area contributed by atoms with Gasteiger partial charge in [-0.3, -0.25) is 0 Å². The van der Waals surface area contributed by atoms with Crippen LogP contribution in [0.25, 0.3) is 0 Å². The Morgan fingerprint density at radius 2 is 2.21 bits per heavy atom. The zero-order valence-electron chi connectivity index (χ0n) is 7.28. The van der Waals surface area contributed by atoms with Gasteiger partial charge in [0.05, 0.1) is 6.21 Å². The van der Waals surface area contributed by atoms with Crippen molar-refractivity contribution in [2.24, 2.45) is 5.10 Å². The molecule has 5 heteroatoms. The Labute approximate surface area is 80.3 Å². The maximum atomic E-state index is 9.40. The number of hydrogen-bond acceptors (Lipinski definition) is 4. The molecule has 1 heterocycles. The van der Waals surface area contributed by atoms with E-state index < -0.39 is 0 Å². The Balaban J connectivity index is 2.23. The van der Waals surface area contributed by atoms with Crippen LogP contribution in [0.1, 0.15) is 5.56 Å². The molecule has 0 aliphatic heterocycles. The highest BCUT2D eigenvalue weighted by atomic mass is 16.3. The highest BCUT2D eigenvalue weighted by Crippen LogP contribution is 2.12. The van der Waals surface area contributed by atoms with E-state index in [9.17, 15) is 5.11 Å². The van der Waals surface area contributed by atoms with E-state index in [0.717, 1.165) is 0 Å². The third-order valence-corrected chi connectivity index (χ3v) is 1.66. The molecule has 0 aliphatic rings. The van der Waals surface area contributed by atoms with Crippen LogP contribution in [0.3, 0.4) is 0 Å². The first kappa shape index (κ1) is 8.43. The van der Waals surface area contributed by atoms with Crippen LogP contribution in [0.5, 0.6) is 5.75 Å². The van der Waals surface area contributed by atoms with Gasteiger partial charge in [-0.05, 0) is 12.1 Å². The average molecular weight is 188 g/mol. The zero-order valence-corrected chi connectivity index (χ0v) is 7.28. The minimum absolute atomic E-state index is 0.191. The second-order valence-corrected chi connectivity index (χ2v) is 2.62. The predicted molar refractivity (Wildman–Crippen MR) is 51.1 cm³/mol. The molecule has 2 rings (SSSR count). The molecule has 14 heavy (non-hydrogen) atoms. The Kier molecular flexibility index (Phi) is 2.22. The van der Waals surface area contributed by atoms with Crippen LogP contribution < -0.4 is 0 Å². The molecule has 0 aliphatic carbocycles. The second-order valence-electron chi connectivity index (χ2n) is 2.62. The fourth-order valence-corrected chi connectivity index (χ4v) is 0.980. The molecular weight excluding hydrogens is 180 g/mol. The molecule has 0 unspecified atom stereocenters. The number of aromatic nitrogens is 3. The molecule has 1 aromatic heterocycles. The lowest BCUT2D eigenvalue weighted by Gasteiger charge is -1.95. The third-order valence-electron chi connectivity index (χ3n) is 1.66. The summed E-state index contributed by atoms with van der Waals surface area (Å²) < 4.78 is 0. The first-order valence-electron chi connectivity index (χ1n) is 4.03. The van der Waals surface area contributed by atoms with Crippen LogP contribution >= 0.6 is 0 Å². The maximum absolute atomic E-state index is 9.40. The smallest absolute Gasteiger partial charge is 0.139 e. The van der Waals surface area contributed by atoms with Crippen LogP contribution in [0.15, 0.2) is 42.0 Å². The lowest BCUT2D eigenvalue weighted by molar-refractivity contribution is 0.474. The Morgan fingerprint density at radius 3 is 2.93 bits per heavy atom.